The summed E-state index contributed by atoms with van der Waals surface area (Å²) in [6, 6.07) is 6.71. The van der Waals surface area contributed by atoms with Gasteiger partial charge in [0.25, 0.3) is 0 Å². The van der Waals surface area contributed by atoms with Crippen molar-refractivity contribution >= 4 is 0 Å². The van der Waals surface area contributed by atoms with Gasteiger partial charge >= 0.3 is 0 Å². The fourth-order valence-electron chi connectivity index (χ4n) is 2.77. The highest BCUT2D eigenvalue weighted by Gasteiger charge is 2.30. The summed E-state index contributed by atoms with van der Waals surface area (Å²) in [5.41, 5.74) is 6.80. The molecule has 0 aromatic heterocycles. The molecule has 2 N–H and O–H groups in total. The fourth-order valence-corrected chi connectivity index (χ4v) is 2.77. The lowest BCUT2D eigenvalue weighted by molar-refractivity contribution is -0.0482. The van der Waals surface area contributed by atoms with Crippen LogP contribution in [0, 0.1) is 5.82 Å². The van der Waals surface area contributed by atoms with E-state index in [-0.39, 0.29) is 24.0 Å². The molecule has 1 heterocycles. The lowest BCUT2D eigenvalue weighted by atomic mass is 9.97. The molecule has 2 rings (SSSR count). The minimum absolute atomic E-state index is 0.0841. The van der Waals surface area contributed by atoms with Gasteiger partial charge in [-0.1, -0.05) is 25.1 Å². The molecule has 1 aliphatic rings. The highest BCUT2D eigenvalue weighted by atomic mass is 19.1. The van der Waals surface area contributed by atoms with E-state index in [2.05, 4.69) is 11.8 Å². The average molecular weight is 266 g/mol. The Morgan fingerprint density at radius 1 is 1.47 bits per heavy atom. The number of nitrogens with two attached hydrogens (primary N) is 1. The summed E-state index contributed by atoms with van der Waals surface area (Å²) in [6.07, 6.45) is 1.20. The molecule has 19 heavy (non-hydrogen) atoms. The van der Waals surface area contributed by atoms with Crippen molar-refractivity contribution in [3.05, 3.63) is 35.6 Å². The molecule has 3 unspecified atom stereocenters. The second-order valence-electron chi connectivity index (χ2n) is 5.22. The second-order valence-corrected chi connectivity index (χ2v) is 5.22. The minimum atomic E-state index is -0.177. The predicted molar refractivity (Wildman–Crippen MR) is 74.4 cm³/mol. The van der Waals surface area contributed by atoms with Crippen LogP contribution in [-0.2, 0) is 4.74 Å². The summed E-state index contributed by atoms with van der Waals surface area (Å²) < 4.78 is 19.7. The quantitative estimate of drug-likeness (QED) is 0.909. The normalized spacial score (nSPS) is 24.1. The van der Waals surface area contributed by atoms with Crippen molar-refractivity contribution in [2.45, 2.75) is 38.5 Å². The van der Waals surface area contributed by atoms with Crippen LogP contribution in [0.15, 0.2) is 24.3 Å². The van der Waals surface area contributed by atoms with Crippen LogP contribution < -0.4 is 5.73 Å². The van der Waals surface area contributed by atoms with Gasteiger partial charge in [-0.05, 0) is 19.4 Å². The third-order valence-corrected chi connectivity index (χ3v) is 3.74. The van der Waals surface area contributed by atoms with Crippen molar-refractivity contribution in [2.75, 3.05) is 19.7 Å². The fraction of sp³-hybridized carbons (Fsp3) is 0.600. The van der Waals surface area contributed by atoms with E-state index in [1.165, 1.54) is 6.07 Å². The van der Waals surface area contributed by atoms with Crippen LogP contribution in [0.3, 0.4) is 0 Å². The van der Waals surface area contributed by atoms with Gasteiger partial charge in [0.2, 0.25) is 0 Å². The first-order chi connectivity index (χ1) is 9.13. The monoisotopic (exact) mass is 266 g/mol. The standard InChI is InChI=1S/C15H23FN2O/c1-3-12-10-18(8-9-19-12)15(11(2)17)13-6-4-5-7-14(13)16/h4-7,11-12,15H,3,8-10,17H2,1-2H3. The zero-order valence-electron chi connectivity index (χ0n) is 11.7. The highest BCUT2D eigenvalue weighted by Crippen LogP contribution is 2.28. The largest absolute Gasteiger partial charge is 0.376 e. The van der Waals surface area contributed by atoms with Crippen LogP contribution in [0.4, 0.5) is 4.39 Å². The third kappa shape index (κ3) is 3.32. The molecule has 0 radical (unpaired) electrons. The molecule has 3 atom stereocenters. The van der Waals surface area contributed by atoms with Crippen LogP contribution in [0.5, 0.6) is 0 Å². The number of ether oxygens (including phenoxy) is 1. The van der Waals surface area contributed by atoms with Crippen LogP contribution in [0.25, 0.3) is 0 Å². The number of morpholine rings is 1. The average Bonchev–Trinajstić information content (AvgIpc) is 2.41. The van der Waals surface area contributed by atoms with Gasteiger partial charge in [-0.15, -0.1) is 0 Å². The first-order valence-corrected chi connectivity index (χ1v) is 6.99. The van der Waals surface area contributed by atoms with Gasteiger partial charge in [-0.3, -0.25) is 4.90 Å². The molecule has 106 valence electrons. The molecule has 0 spiro atoms. The zero-order valence-corrected chi connectivity index (χ0v) is 11.7. The van der Waals surface area contributed by atoms with Gasteiger partial charge in [0.05, 0.1) is 18.8 Å². The number of hydrogen-bond acceptors (Lipinski definition) is 3. The van der Waals surface area contributed by atoms with Crippen molar-refractivity contribution in [3.63, 3.8) is 0 Å². The highest BCUT2D eigenvalue weighted by molar-refractivity contribution is 5.23. The van der Waals surface area contributed by atoms with E-state index < -0.39 is 0 Å². The molecule has 1 aliphatic heterocycles. The van der Waals surface area contributed by atoms with E-state index in [9.17, 15) is 4.39 Å². The molecular weight excluding hydrogens is 243 g/mol. The Balaban J connectivity index is 2.23. The summed E-state index contributed by atoms with van der Waals surface area (Å²) in [4.78, 5) is 2.25. The van der Waals surface area contributed by atoms with Crippen molar-refractivity contribution in [2.24, 2.45) is 5.73 Å². The van der Waals surface area contributed by atoms with E-state index in [1.807, 2.05) is 19.1 Å². The molecule has 3 nitrogen and oxygen atoms in total. The summed E-state index contributed by atoms with van der Waals surface area (Å²) in [5, 5.41) is 0. The van der Waals surface area contributed by atoms with Crippen LogP contribution in [0.2, 0.25) is 0 Å². The minimum Gasteiger partial charge on any atom is -0.376 e. The van der Waals surface area contributed by atoms with Crippen molar-refractivity contribution < 1.29 is 9.13 Å². The van der Waals surface area contributed by atoms with Crippen LogP contribution in [-0.4, -0.2) is 36.7 Å². The van der Waals surface area contributed by atoms with Crippen molar-refractivity contribution in [1.82, 2.24) is 4.90 Å². The molecule has 1 aromatic rings. The molecule has 1 aromatic carbocycles. The van der Waals surface area contributed by atoms with E-state index in [0.717, 1.165) is 19.5 Å². The summed E-state index contributed by atoms with van der Waals surface area (Å²) in [5.74, 6) is -0.177. The number of hydrogen-bond donors (Lipinski definition) is 1. The molecule has 0 aliphatic carbocycles. The third-order valence-electron chi connectivity index (χ3n) is 3.74. The van der Waals surface area contributed by atoms with E-state index >= 15 is 0 Å². The number of halogens is 1. The molecule has 0 bridgehead atoms. The maximum Gasteiger partial charge on any atom is 0.128 e. The van der Waals surface area contributed by atoms with Gasteiger partial charge in [-0.2, -0.15) is 0 Å². The Morgan fingerprint density at radius 3 is 2.84 bits per heavy atom. The number of nitrogens with zero attached hydrogens (tertiary/aromatic N) is 1. The Hall–Kier alpha value is -0.970. The van der Waals surface area contributed by atoms with E-state index in [0.29, 0.717) is 12.2 Å². The van der Waals surface area contributed by atoms with Crippen molar-refractivity contribution in [1.29, 1.82) is 0 Å². The summed E-state index contributed by atoms with van der Waals surface area (Å²) in [6.45, 7) is 6.36. The Morgan fingerprint density at radius 2 is 2.21 bits per heavy atom. The first-order valence-electron chi connectivity index (χ1n) is 6.99. The molecule has 0 saturated carbocycles. The SMILES string of the molecule is CCC1CN(C(c2ccccc2F)C(C)N)CCO1. The van der Waals surface area contributed by atoms with Crippen LogP contribution >= 0.6 is 0 Å². The second kappa shape index (κ2) is 6.46. The van der Waals surface area contributed by atoms with Gasteiger partial charge in [0.15, 0.2) is 0 Å². The maximum absolute atomic E-state index is 14.0. The van der Waals surface area contributed by atoms with Gasteiger partial charge in [-0.25, -0.2) is 4.39 Å². The molecule has 0 amide bonds. The maximum atomic E-state index is 14.0. The Labute approximate surface area is 114 Å². The molecule has 1 fully saturated rings. The zero-order chi connectivity index (χ0) is 13.8. The predicted octanol–water partition coefficient (Wildman–Crippen LogP) is 2.32. The van der Waals surface area contributed by atoms with Crippen LogP contribution in [0.1, 0.15) is 31.9 Å². The van der Waals surface area contributed by atoms with Crippen molar-refractivity contribution in [3.8, 4) is 0 Å². The van der Waals surface area contributed by atoms with E-state index in [1.54, 1.807) is 6.07 Å². The Bertz CT molecular complexity index is 411. The van der Waals surface area contributed by atoms with Gasteiger partial charge in [0.1, 0.15) is 5.82 Å². The number of benzene rings is 1. The lowest BCUT2D eigenvalue weighted by Gasteiger charge is -2.40. The van der Waals surface area contributed by atoms with Gasteiger partial charge in [0, 0.05) is 24.7 Å². The Kier molecular flexibility index (Phi) is 4.91. The molecule has 4 heteroatoms. The smallest absolute Gasteiger partial charge is 0.128 e. The first kappa shape index (κ1) is 14.4. The molecule has 1 saturated heterocycles. The number of rotatable bonds is 4. The molecular formula is C15H23FN2O. The summed E-state index contributed by atoms with van der Waals surface area (Å²) >= 11 is 0. The van der Waals surface area contributed by atoms with E-state index in [4.69, 9.17) is 10.5 Å². The summed E-state index contributed by atoms with van der Waals surface area (Å²) in [7, 11) is 0. The topological polar surface area (TPSA) is 38.5 Å². The van der Waals surface area contributed by atoms with Gasteiger partial charge < -0.3 is 10.5 Å². The lowest BCUT2D eigenvalue weighted by Crippen LogP contribution is -2.48.